The number of hydrogen-bond donors (Lipinski definition) is 1. The van der Waals surface area contributed by atoms with Gasteiger partial charge in [0.1, 0.15) is 0 Å². The van der Waals surface area contributed by atoms with Gasteiger partial charge in [-0.2, -0.15) is 0 Å². The zero-order chi connectivity index (χ0) is 10.7. The Kier molecular flexibility index (Phi) is 3.96. The van der Waals surface area contributed by atoms with Gasteiger partial charge in [-0.1, -0.05) is 6.07 Å². The average Bonchev–Trinajstić information content (AvgIpc) is 2.07. The molecule has 2 N–H and O–H groups in total. The minimum Gasteiger partial charge on any atom is -0.377 e. The van der Waals surface area contributed by atoms with E-state index in [2.05, 4.69) is 39.0 Å². The molecule has 1 rings (SSSR count). The van der Waals surface area contributed by atoms with E-state index in [1.165, 1.54) is 11.3 Å². The van der Waals surface area contributed by atoms with Crippen LogP contribution in [-0.2, 0) is 6.42 Å². The number of nitrogens with two attached hydrogens (primary N) is 1. The fraction of sp³-hybridized carbons (Fsp3) is 0.455. The number of hydrogen-bond acceptors (Lipinski definition) is 2. The van der Waals surface area contributed by atoms with Gasteiger partial charge >= 0.3 is 0 Å². The van der Waals surface area contributed by atoms with Crippen LogP contribution in [0.25, 0.3) is 0 Å². The summed E-state index contributed by atoms with van der Waals surface area (Å²) in [5.41, 5.74) is 8.24. The van der Waals surface area contributed by atoms with Crippen molar-refractivity contribution in [3.05, 3.63) is 28.2 Å². The molecule has 0 aliphatic heterocycles. The van der Waals surface area contributed by atoms with Gasteiger partial charge < -0.3 is 10.6 Å². The summed E-state index contributed by atoms with van der Waals surface area (Å²) in [6.07, 6.45) is 0.925. The predicted molar refractivity (Wildman–Crippen MR) is 65.8 cm³/mol. The van der Waals surface area contributed by atoms with Gasteiger partial charge in [-0.05, 0) is 47.0 Å². The third-order valence-electron chi connectivity index (χ3n) is 2.05. The van der Waals surface area contributed by atoms with Crippen LogP contribution in [0.15, 0.2) is 22.7 Å². The van der Waals surface area contributed by atoms with Gasteiger partial charge in [0.05, 0.1) is 5.69 Å². The molecule has 0 fully saturated rings. The van der Waals surface area contributed by atoms with Crippen molar-refractivity contribution in [3.63, 3.8) is 0 Å². The van der Waals surface area contributed by atoms with Crippen molar-refractivity contribution < 1.29 is 0 Å². The molecular weight excluding hydrogens is 240 g/mol. The van der Waals surface area contributed by atoms with Crippen molar-refractivity contribution in [1.29, 1.82) is 0 Å². The van der Waals surface area contributed by atoms with Crippen molar-refractivity contribution in [2.45, 2.75) is 19.4 Å². The smallest absolute Gasteiger partial charge is 0.0508 e. The molecule has 0 aliphatic rings. The lowest BCUT2D eigenvalue weighted by molar-refractivity contribution is 0.738. The molecule has 0 saturated heterocycles. The third kappa shape index (κ3) is 3.00. The molecule has 0 heterocycles. The molecule has 1 atom stereocenters. The molecule has 2 nitrogen and oxygen atoms in total. The molecular formula is C11H17BrN2. The molecule has 0 amide bonds. The molecule has 0 spiro atoms. The van der Waals surface area contributed by atoms with Crippen molar-refractivity contribution in [1.82, 2.24) is 0 Å². The van der Waals surface area contributed by atoms with E-state index in [-0.39, 0.29) is 6.04 Å². The highest BCUT2D eigenvalue weighted by Crippen LogP contribution is 2.26. The lowest BCUT2D eigenvalue weighted by atomic mass is 10.1. The summed E-state index contributed by atoms with van der Waals surface area (Å²) in [6, 6.07) is 6.58. The molecule has 0 aliphatic carbocycles. The summed E-state index contributed by atoms with van der Waals surface area (Å²) in [6.45, 7) is 2.03. The first-order valence-electron chi connectivity index (χ1n) is 4.72. The highest BCUT2D eigenvalue weighted by Gasteiger charge is 2.04. The molecule has 3 heteroatoms. The third-order valence-corrected chi connectivity index (χ3v) is 2.72. The van der Waals surface area contributed by atoms with E-state index in [1.54, 1.807) is 0 Å². The summed E-state index contributed by atoms with van der Waals surface area (Å²) in [5, 5.41) is 0. The number of halogens is 1. The molecule has 1 unspecified atom stereocenters. The van der Waals surface area contributed by atoms with Crippen LogP contribution in [0.1, 0.15) is 12.5 Å². The predicted octanol–water partition coefficient (Wildman–Crippen LogP) is 2.40. The minimum absolute atomic E-state index is 0.214. The van der Waals surface area contributed by atoms with Gasteiger partial charge in [-0.3, -0.25) is 0 Å². The first-order chi connectivity index (χ1) is 6.50. The number of anilines is 1. The second kappa shape index (κ2) is 4.80. The lowest BCUT2D eigenvalue weighted by Crippen LogP contribution is -2.18. The van der Waals surface area contributed by atoms with Gasteiger partial charge in [0.2, 0.25) is 0 Å². The zero-order valence-corrected chi connectivity index (χ0v) is 10.5. The van der Waals surface area contributed by atoms with E-state index >= 15 is 0 Å². The Bertz CT molecular complexity index is 308. The molecule has 0 saturated carbocycles. The Hall–Kier alpha value is -0.540. The van der Waals surface area contributed by atoms with E-state index < -0.39 is 0 Å². The van der Waals surface area contributed by atoms with Gasteiger partial charge in [0.15, 0.2) is 0 Å². The molecule has 14 heavy (non-hydrogen) atoms. The van der Waals surface area contributed by atoms with Crippen LogP contribution in [0, 0.1) is 0 Å². The van der Waals surface area contributed by atoms with Crippen LogP contribution in [0.5, 0.6) is 0 Å². The maximum Gasteiger partial charge on any atom is 0.0508 e. The Morgan fingerprint density at radius 3 is 2.57 bits per heavy atom. The van der Waals surface area contributed by atoms with Crippen LogP contribution in [0.4, 0.5) is 5.69 Å². The number of nitrogens with zero attached hydrogens (tertiary/aromatic N) is 1. The Balaban J connectivity index is 2.94. The fourth-order valence-electron chi connectivity index (χ4n) is 1.40. The molecule has 78 valence electrons. The topological polar surface area (TPSA) is 29.3 Å². The minimum atomic E-state index is 0.214. The van der Waals surface area contributed by atoms with E-state index in [0.29, 0.717) is 0 Å². The molecule has 1 aromatic carbocycles. The first-order valence-corrected chi connectivity index (χ1v) is 5.51. The molecule has 0 aromatic heterocycles. The average molecular weight is 257 g/mol. The first kappa shape index (κ1) is 11.5. The van der Waals surface area contributed by atoms with Crippen molar-refractivity contribution in [2.75, 3.05) is 19.0 Å². The van der Waals surface area contributed by atoms with Gasteiger partial charge in [-0.15, -0.1) is 0 Å². The second-order valence-electron chi connectivity index (χ2n) is 3.86. The normalized spacial score (nSPS) is 12.6. The van der Waals surface area contributed by atoms with Crippen molar-refractivity contribution in [3.8, 4) is 0 Å². The quantitative estimate of drug-likeness (QED) is 0.900. The SMILES string of the molecule is CC(N)Cc1ccc(Br)c(N(C)C)c1. The lowest BCUT2D eigenvalue weighted by Gasteiger charge is -2.16. The molecule has 0 bridgehead atoms. The summed E-state index contributed by atoms with van der Waals surface area (Å²) in [5.74, 6) is 0. The number of rotatable bonds is 3. The van der Waals surface area contributed by atoms with Crippen LogP contribution >= 0.6 is 15.9 Å². The standard InChI is InChI=1S/C11H17BrN2/c1-8(13)6-9-4-5-10(12)11(7-9)14(2)3/h4-5,7-8H,6,13H2,1-3H3. The Labute approximate surface area is 94.2 Å². The molecule has 0 radical (unpaired) electrons. The van der Waals surface area contributed by atoms with Crippen LogP contribution in [0.3, 0.4) is 0 Å². The summed E-state index contributed by atoms with van der Waals surface area (Å²) in [4.78, 5) is 2.09. The summed E-state index contributed by atoms with van der Waals surface area (Å²) in [7, 11) is 4.07. The zero-order valence-electron chi connectivity index (χ0n) is 8.92. The van der Waals surface area contributed by atoms with Crippen LogP contribution in [-0.4, -0.2) is 20.1 Å². The highest BCUT2D eigenvalue weighted by atomic mass is 79.9. The summed E-state index contributed by atoms with van der Waals surface area (Å²) >= 11 is 3.52. The van der Waals surface area contributed by atoms with Crippen LogP contribution < -0.4 is 10.6 Å². The second-order valence-corrected chi connectivity index (χ2v) is 4.72. The Morgan fingerprint density at radius 2 is 2.07 bits per heavy atom. The van der Waals surface area contributed by atoms with Crippen molar-refractivity contribution >= 4 is 21.6 Å². The fourth-order valence-corrected chi connectivity index (χ4v) is 2.00. The van der Waals surface area contributed by atoms with Crippen molar-refractivity contribution in [2.24, 2.45) is 5.73 Å². The van der Waals surface area contributed by atoms with Crippen LogP contribution in [0.2, 0.25) is 0 Å². The summed E-state index contributed by atoms with van der Waals surface area (Å²) < 4.78 is 1.12. The van der Waals surface area contributed by atoms with E-state index in [0.717, 1.165) is 10.9 Å². The van der Waals surface area contributed by atoms with Gasteiger partial charge in [-0.25, -0.2) is 0 Å². The van der Waals surface area contributed by atoms with Gasteiger partial charge in [0, 0.05) is 24.6 Å². The maximum absolute atomic E-state index is 5.76. The van der Waals surface area contributed by atoms with E-state index in [9.17, 15) is 0 Å². The van der Waals surface area contributed by atoms with E-state index in [4.69, 9.17) is 5.73 Å². The highest BCUT2D eigenvalue weighted by molar-refractivity contribution is 9.10. The van der Waals surface area contributed by atoms with Gasteiger partial charge in [0.25, 0.3) is 0 Å². The monoisotopic (exact) mass is 256 g/mol. The number of benzene rings is 1. The largest absolute Gasteiger partial charge is 0.377 e. The molecule has 1 aromatic rings. The Morgan fingerprint density at radius 1 is 1.43 bits per heavy atom. The van der Waals surface area contributed by atoms with E-state index in [1.807, 2.05) is 21.0 Å². The maximum atomic E-state index is 5.76.